The molecule has 7 aromatic carbocycles. The van der Waals surface area contributed by atoms with E-state index in [0.29, 0.717) is 16.7 Å². The molecule has 4 heteroatoms. The van der Waals surface area contributed by atoms with Crippen LogP contribution < -0.4 is 0 Å². The molecular weight excluding hydrogens is 560 g/mol. The Hall–Kier alpha value is -6.62. The van der Waals surface area contributed by atoms with Crippen LogP contribution in [0.15, 0.2) is 146 Å². The van der Waals surface area contributed by atoms with E-state index in [1.807, 2.05) is 12.1 Å². The molecule has 0 fully saturated rings. The summed E-state index contributed by atoms with van der Waals surface area (Å²) in [4.78, 5) is 0. The van der Waals surface area contributed by atoms with Gasteiger partial charge in [-0.2, -0.15) is 10.5 Å². The fraction of sp³-hybridized carbons (Fsp3) is 0. The first-order valence-electron chi connectivity index (χ1n) is 15.2. The molecule has 0 saturated carbocycles. The Morgan fingerprint density at radius 2 is 0.913 bits per heavy atom. The van der Waals surface area contributed by atoms with Crippen LogP contribution in [0, 0.1) is 22.7 Å². The molecule has 0 spiro atoms. The summed E-state index contributed by atoms with van der Waals surface area (Å²) >= 11 is 0. The molecule has 212 valence electrons. The smallest absolute Gasteiger partial charge is 0.0998 e. The highest BCUT2D eigenvalue weighted by molar-refractivity contribution is 6.19. The van der Waals surface area contributed by atoms with Crippen LogP contribution >= 0.6 is 0 Å². The summed E-state index contributed by atoms with van der Waals surface area (Å²) in [5.74, 6) is 0. The maximum Gasteiger partial charge on any atom is 0.0998 e. The van der Waals surface area contributed by atoms with Crippen molar-refractivity contribution in [1.82, 2.24) is 9.13 Å². The number of nitrogens with zero attached hydrogens (tertiary/aromatic N) is 4. The quantitative estimate of drug-likeness (QED) is 0.207. The summed E-state index contributed by atoms with van der Waals surface area (Å²) in [6.07, 6.45) is 0. The monoisotopic (exact) mass is 584 g/mol. The van der Waals surface area contributed by atoms with Gasteiger partial charge in [0.05, 0.1) is 45.3 Å². The molecule has 0 aliphatic carbocycles. The molecule has 0 saturated heterocycles. The lowest BCUT2D eigenvalue weighted by atomic mass is 9.95. The van der Waals surface area contributed by atoms with E-state index >= 15 is 0 Å². The van der Waals surface area contributed by atoms with Gasteiger partial charge in [0.2, 0.25) is 0 Å². The standard InChI is InChI=1S/C42H24N4/c43-25-30-10-7-11-31(26-44)42(30)28-17-19-32(20-18-28)45-38-14-5-3-12-34(38)36-24-41-37(23-40(36)45)35-13-4-6-15-39(35)46(41)33-21-16-27-8-1-2-9-29(27)22-33/h1-24H. The summed E-state index contributed by atoms with van der Waals surface area (Å²) in [7, 11) is 0. The molecule has 0 bridgehead atoms. The van der Waals surface area contributed by atoms with Crippen molar-refractivity contribution in [1.29, 1.82) is 10.5 Å². The Balaban J connectivity index is 1.31. The molecule has 0 aliphatic rings. The molecular formula is C42H24N4. The molecule has 0 amide bonds. The average Bonchev–Trinajstić information content (AvgIpc) is 3.62. The maximum absolute atomic E-state index is 9.76. The number of rotatable bonds is 3. The highest BCUT2D eigenvalue weighted by Crippen LogP contribution is 2.40. The lowest BCUT2D eigenvalue weighted by Gasteiger charge is -2.11. The van der Waals surface area contributed by atoms with E-state index < -0.39 is 0 Å². The topological polar surface area (TPSA) is 57.4 Å². The molecule has 9 rings (SSSR count). The third kappa shape index (κ3) is 3.72. The summed E-state index contributed by atoms with van der Waals surface area (Å²) in [6.45, 7) is 0. The van der Waals surface area contributed by atoms with E-state index in [-0.39, 0.29) is 0 Å². The van der Waals surface area contributed by atoms with Gasteiger partial charge in [0, 0.05) is 38.5 Å². The van der Waals surface area contributed by atoms with Crippen molar-refractivity contribution in [3.63, 3.8) is 0 Å². The van der Waals surface area contributed by atoms with Crippen LogP contribution in [0.2, 0.25) is 0 Å². The number of benzene rings is 7. The normalized spacial score (nSPS) is 11.4. The second kappa shape index (κ2) is 9.96. The van der Waals surface area contributed by atoms with Gasteiger partial charge in [-0.1, -0.05) is 84.9 Å². The van der Waals surface area contributed by atoms with E-state index in [9.17, 15) is 10.5 Å². The zero-order valence-corrected chi connectivity index (χ0v) is 24.6. The lowest BCUT2D eigenvalue weighted by Crippen LogP contribution is -1.95. The minimum Gasteiger partial charge on any atom is -0.309 e. The number of aromatic nitrogens is 2. The average molecular weight is 585 g/mol. The van der Waals surface area contributed by atoms with E-state index in [1.54, 1.807) is 18.2 Å². The molecule has 9 aromatic rings. The first-order chi connectivity index (χ1) is 22.7. The molecule has 0 N–H and O–H groups in total. The molecule has 2 heterocycles. The van der Waals surface area contributed by atoms with Gasteiger partial charge < -0.3 is 9.13 Å². The van der Waals surface area contributed by atoms with Crippen LogP contribution in [0.3, 0.4) is 0 Å². The number of fused-ring (bicyclic) bond motifs is 7. The van der Waals surface area contributed by atoms with Gasteiger partial charge in [0.15, 0.2) is 0 Å². The Morgan fingerprint density at radius 1 is 0.391 bits per heavy atom. The third-order valence-corrected chi connectivity index (χ3v) is 9.18. The molecule has 0 aliphatic heterocycles. The Kier molecular flexibility index (Phi) is 5.59. The SMILES string of the molecule is N#Cc1cccc(C#N)c1-c1ccc(-n2c3ccccc3c3cc4c(cc32)c2ccccc2n4-c2ccc3ccccc3c2)cc1. The van der Waals surface area contributed by atoms with Crippen molar-refractivity contribution >= 4 is 54.4 Å². The molecule has 46 heavy (non-hydrogen) atoms. The Bertz CT molecular complexity index is 2730. The van der Waals surface area contributed by atoms with Crippen molar-refractivity contribution in [3.8, 4) is 34.6 Å². The second-order valence-electron chi connectivity index (χ2n) is 11.6. The van der Waals surface area contributed by atoms with E-state index in [0.717, 1.165) is 28.0 Å². The second-order valence-corrected chi connectivity index (χ2v) is 11.6. The minimum absolute atomic E-state index is 0.494. The van der Waals surface area contributed by atoms with Crippen LogP contribution in [-0.2, 0) is 0 Å². The molecule has 2 aromatic heterocycles. The highest BCUT2D eigenvalue weighted by Gasteiger charge is 2.19. The fourth-order valence-electron chi connectivity index (χ4n) is 7.13. The van der Waals surface area contributed by atoms with Crippen LogP contribution in [0.4, 0.5) is 0 Å². The van der Waals surface area contributed by atoms with Crippen molar-refractivity contribution in [2.75, 3.05) is 0 Å². The van der Waals surface area contributed by atoms with Gasteiger partial charge in [-0.3, -0.25) is 0 Å². The molecule has 4 nitrogen and oxygen atoms in total. The predicted molar refractivity (Wildman–Crippen MR) is 187 cm³/mol. The van der Waals surface area contributed by atoms with E-state index in [2.05, 4.69) is 137 Å². The van der Waals surface area contributed by atoms with Gasteiger partial charge >= 0.3 is 0 Å². The minimum atomic E-state index is 0.494. The zero-order valence-electron chi connectivity index (χ0n) is 24.6. The van der Waals surface area contributed by atoms with E-state index in [1.165, 1.54) is 43.4 Å². The fourth-order valence-corrected chi connectivity index (χ4v) is 7.13. The summed E-state index contributed by atoms with van der Waals surface area (Å²) < 4.78 is 4.70. The van der Waals surface area contributed by atoms with Crippen LogP contribution in [0.5, 0.6) is 0 Å². The summed E-state index contributed by atoms with van der Waals surface area (Å²) in [5, 5.41) is 26.7. The van der Waals surface area contributed by atoms with Gasteiger partial charge in [-0.05, 0) is 77.0 Å². The number of nitriles is 2. The Morgan fingerprint density at radius 3 is 1.52 bits per heavy atom. The Labute approximate surface area is 264 Å². The van der Waals surface area contributed by atoms with Crippen molar-refractivity contribution < 1.29 is 0 Å². The van der Waals surface area contributed by atoms with Gasteiger partial charge in [0.25, 0.3) is 0 Å². The largest absolute Gasteiger partial charge is 0.309 e. The van der Waals surface area contributed by atoms with Crippen molar-refractivity contribution in [3.05, 3.63) is 157 Å². The zero-order chi connectivity index (χ0) is 30.8. The number of hydrogen-bond acceptors (Lipinski definition) is 2. The first-order valence-corrected chi connectivity index (χ1v) is 15.2. The first kappa shape index (κ1) is 25.8. The molecule has 0 radical (unpaired) electrons. The maximum atomic E-state index is 9.76. The number of hydrogen-bond donors (Lipinski definition) is 0. The molecule has 0 atom stereocenters. The van der Waals surface area contributed by atoms with E-state index in [4.69, 9.17) is 0 Å². The van der Waals surface area contributed by atoms with Crippen molar-refractivity contribution in [2.24, 2.45) is 0 Å². The lowest BCUT2D eigenvalue weighted by molar-refractivity contribution is 1.18. The summed E-state index contributed by atoms with van der Waals surface area (Å²) in [5.41, 5.74) is 9.24. The van der Waals surface area contributed by atoms with Crippen LogP contribution in [0.25, 0.3) is 76.9 Å². The molecule has 0 unspecified atom stereocenters. The number of para-hydroxylation sites is 2. The van der Waals surface area contributed by atoms with Crippen LogP contribution in [-0.4, -0.2) is 9.13 Å². The van der Waals surface area contributed by atoms with Gasteiger partial charge in [-0.15, -0.1) is 0 Å². The van der Waals surface area contributed by atoms with Crippen molar-refractivity contribution in [2.45, 2.75) is 0 Å². The third-order valence-electron chi connectivity index (χ3n) is 9.18. The highest BCUT2D eigenvalue weighted by atomic mass is 15.0. The van der Waals surface area contributed by atoms with Crippen LogP contribution in [0.1, 0.15) is 11.1 Å². The van der Waals surface area contributed by atoms with Gasteiger partial charge in [-0.25, -0.2) is 0 Å². The predicted octanol–water partition coefficient (Wildman–Crippen LogP) is 10.4. The van der Waals surface area contributed by atoms with Gasteiger partial charge in [0.1, 0.15) is 0 Å². The summed E-state index contributed by atoms with van der Waals surface area (Å²) in [6, 6.07) is 55.0.